The number of benzene rings is 1. The van der Waals surface area contributed by atoms with Gasteiger partial charge >= 0.3 is 0 Å². The van der Waals surface area contributed by atoms with Crippen molar-refractivity contribution in [1.29, 1.82) is 0 Å². The third-order valence-corrected chi connectivity index (χ3v) is 5.17. The van der Waals surface area contributed by atoms with Crippen molar-refractivity contribution in [3.63, 3.8) is 0 Å². The van der Waals surface area contributed by atoms with Crippen LogP contribution in [0.25, 0.3) is 22.0 Å². The first-order chi connectivity index (χ1) is 14.5. The summed E-state index contributed by atoms with van der Waals surface area (Å²) >= 11 is 0. The van der Waals surface area contributed by atoms with Crippen LogP contribution in [0.5, 0.6) is 0 Å². The van der Waals surface area contributed by atoms with E-state index in [2.05, 4.69) is 9.97 Å². The van der Waals surface area contributed by atoms with Crippen LogP contribution in [0.4, 0.5) is 0 Å². The first-order valence-corrected chi connectivity index (χ1v) is 9.67. The van der Waals surface area contributed by atoms with E-state index in [1.165, 1.54) is 4.57 Å². The molecule has 0 aliphatic carbocycles. The minimum Gasteiger partial charge on any atom is -0.335 e. The highest BCUT2D eigenvalue weighted by molar-refractivity contribution is 6.07. The maximum absolute atomic E-state index is 13.5. The third-order valence-electron chi connectivity index (χ3n) is 5.17. The standard InChI is InChI=1S/C24H22N4O2/c1-16-9-11-17(12-10-16)20-19-8-6-14-26-21(19)23(29)28(3)22(20)24(30)27(2)15-18-7-4-5-13-25-18/h4-14H,15H2,1-3H3. The summed E-state index contributed by atoms with van der Waals surface area (Å²) in [6, 6.07) is 17.1. The Balaban J connectivity index is 1.93. The van der Waals surface area contributed by atoms with Gasteiger partial charge in [-0.2, -0.15) is 0 Å². The Kier molecular flexibility index (Phi) is 5.14. The zero-order valence-electron chi connectivity index (χ0n) is 17.2. The summed E-state index contributed by atoms with van der Waals surface area (Å²) in [5, 5.41) is 0.666. The first kappa shape index (κ1) is 19.5. The van der Waals surface area contributed by atoms with Gasteiger partial charge in [0.15, 0.2) is 0 Å². The lowest BCUT2D eigenvalue weighted by molar-refractivity contribution is 0.0773. The minimum absolute atomic E-state index is 0.249. The Morgan fingerprint density at radius 2 is 1.73 bits per heavy atom. The molecule has 0 N–H and O–H groups in total. The lowest BCUT2D eigenvalue weighted by Gasteiger charge is -2.22. The SMILES string of the molecule is Cc1ccc(-c2c(C(=O)N(C)Cc3ccccn3)n(C)c(=O)c3ncccc23)cc1. The number of pyridine rings is 3. The van der Waals surface area contributed by atoms with Gasteiger partial charge < -0.3 is 9.47 Å². The van der Waals surface area contributed by atoms with Gasteiger partial charge in [0.05, 0.1) is 12.2 Å². The number of carbonyl (C=O) groups is 1. The number of nitrogens with zero attached hydrogens (tertiary/aromatic N) is 4. The molecule has 30 heavy (non-hydrogen) atoms. The first-order valence-electron chi connectivity index (χ1n) is 9.67. The molecule has 0 unspecified atom stereocenters. The number of carbonyl (C=O) groups excluding carboxylic acids is 1. The second-order valence-corrected chi connectivity index (χ2v) is 7.34. The Hall–Kier alpha value is -3.80. The molecule has 0 spiro atoms. The lowest BCUT2D eigenvalue weighted by atomic mass is 9.97. The molecule has 0 aliphatic rings. The van der Waals surface area contributed by atoms with Crippen LogP contribution in [-0.4, -0.2) is 32.4 Å². The molecule has 3 heterocycles. The summed E-state index contributed by atoms with van der Waals surface area (Å²) in [6.07, 6.45) is 3.29. The molecule has 1 amide bonds. The summed E-state index contributed by atoms with van der Waals surface area (Å²) < 4.78 is 1.40. The number of hydrogen-bond acceptors (Lipinski definition) is 4. The summed E-state index contributed by atoms with van der Waals surface area (Å²) in [4.78, 5) is 36.7. The Morgan fingerprint density at radius 3 is 2.43 bits per heavy atom. The van der Waals surface area contributed by atoms with Crippen molar-refractivity contribution in [1.82, 2.24) is 19.4 Å². The van der Waals surface area contributed by atoms with Gasteiger partial charge in [-0.3, -0.25) is 19.6 Å². The molecule has 0 fully saturated rings. The van der Waals surface area contributed by atoms with E-state index in [0.717, 1.165) is 16.8 Å². The Labute approximate surface area is 174 Å². The third kappa shape index (κ3) is 3.48. The van der Waals surface area contributed by atoms with Crippen LogP contribution >= 0.6 is 0 Å². The Morgan fingerprint density at radius 1 is 1.00 bits per heavy atom. The predicted octanol–water partition coefficient (Wildman–Crippen LogP) is 3.58. The van der Waals surface area contributed by atoms with E-state index in [1.807, 2.05) is 55.5 Å². The van der Waals surface area contributed by atoms with Crippen LogP contribution < -0.4 is 5.56 Å². The second kappa shape index (κ2) is 7.91. The van der Waals surface area contributed by atoms with Crippen molar-refractivity contribution < 1.29 is 4.79 Å². The maximum Gasteiger partial charge on any atom is 0.277 e. The highest BCUT2D eigenvalue weighted by Gasteiger charge is 2.24. The normalized spacial score (nSPS) is 10.9. The summed E-state index contributed by atoms with van der Waals surface area (Å²) in [5.74, 6) is -0.249. The summed E-state index contributed by atoms with van der Waals surface area (Å²) in [7, 11) is 3.34. The molecule has 0 aliphatic heterocycles. The lowest BCUT2D eigenvalue weighted by Crippen LogP contribution is -2.33. The fourth-order valence-corrected chi connectivity index (χ4v) is 3.58. The van der Waals surface area contributed by atoms with Crippen molar-refractivity contribution >= 4 is 16.8 Å². The van der Waals surface area contributed by atoms with Crippen LogP contribution in [0.2, 0.25) is 0 Å². The average Bonchev–Trinajstić information content (AvgIpc) is 2.77. The maximum atomic E-state index is 13.5. The number of aryl methyl sites for hydroxylation is 1. The van der Waals surface area contributed by atoms with Crippen LogP contribution in [0.3, 0.4) is 0 Å². The number of hydrogen-bond donors (Lipinski definition) is 0. The molecule has 6 heteroatoms. The van der Waals surface area contributed by atoms with Crippen molar-refractivity contribution in [3.8, 4) is 11.1 Å². The van der Waals surface area contributed by atoms with Gasteiger partial charge in [-0.1, -0.05) is 42.0 Å². The van der Waals surface area contributed by atoms with E-state index in [1.54, 1.807) is 37.5 Å². The molecule has 0 atom stereocenters. The van der Waals surface area contributed by atoms with Crippen LogP contribution in [-0.2, 0) is 13.6 Å². The van der Waals surface area contributed by atoms with Gasteiger partial charge in [0.2, 0.25) is 0 Å². The molecular weight excluding hydrogens is 376 g/mol. The molecule has 3 aromatic heterocycles. The van der Waals surface area contributed by atoms with E-state index < -0.39 is 0 Å². The highest BCUT2D eigenvalue weighted by atomic mass is 16.2. The van der Waals surface area contributed by atoms with Crippen molar-refractivity contribution in [2.75, 3.05) is 7.05 Å². The highest BCUT2D eigenvalue weighted by Crippen LogP contribution is 2.31. The number of amides is 1. The van der Waals surface area contributed by atoms with E-state index in [9.17, 15) is 9.59 Å². The quantitative estimate of drug-likeness (QED) is 0.527. The van der Waals surface area contributed by atoms with Gasteiger partial charge in [0.25, 0.3) is 11.5 Å². The molecule has 150 valence electrons. The van der Waals surface area contributed by atoms with Gasteiger partial charge in [-0.15, -0.1) is 0 Å². The van der Waals surface area contributed by atoms with E-state index in [-0.39, 0.29) is 11.5 Å². The van der Waals surface area contributed by atoms with Crippen LogP contribution in [0, 0.1) is 6.92 Å². The number of rotatable bonds is 4. The van der Waals surface area contributed by atoms with Gasteiger partial charge in [0, 0.05) is 37.4 Å². The van der Waals surface area contributed by atoms with Gasteiger partial charge in [-0.05, 0) is 30.7 Å². The molecule has 0 saturated heterocycles. The van der Waals surface area contributed by atoms with E-state index in [0.29, 0.717) is 28.7 Å². The molecular formula is C24H22N4O2. The number of fused-ring (bicyclic) bond motifs is 1. The second-order valence-electron chi connectivity index (χ2n) is 7.34. The fraction of sp³-hybridized carbons (Fsp3) is 0.167. The van der Waals surface area contributed by atoms with Gasteiger partial charge in [0.1, 0.15) is 11.2 Å². The van der Waals surface area contributed by atoms with Crippen LogP contribution in [0.1, 0.15) is 21.7 Å². The van der Waals surface area contributed by atoms with Gasteiger partial charge in [-0.25, -0.2) is 0 Å². The number of aromatic nitrogens is 3. The summed E-state index contributed by atoms with van der Waals surface area (Å²) in [6.45, 7) is 2.35. The van der Waals surface area contributed by atoms with Crippen LogP contribution in [0.15, 0.2) is 71.8 Å². The Bertz CT molecular complexity index is 1280. The topological polar surface area (TPSA) is 68.1 Å². The molecule has 0 radical (unpaired) electrons. The van der Waals surface area contributed by atoms with Crippen molar-refractivity contribution in [2.24, 2.45) is 7.05 Å². The molecule has 4 rings (SSSR count). The zero-order chi connectivity index (χ0) is 21.3. The van der Waals surface area contributed by atoms with Crippen molar-refractivity contribution in [3.05, 3.63) is 94.3 Å². The minimum atomic E-state index is -0.295. The molecule has 0 bridgehead atoms. The average molecular weight is 398 g/mol. The van der Waals surface area contributed by atoms with E-state index in [4.69, 9.17) is 0 Å². The zero-order valence-corrected chi connectivity index (χ0v) is 17.2. The summed E-state index contributed by atoms with van der Waals surface area (Å²) in [5.41, 5.74) is 3.85. The fourth-order valence-electron chi connectivity index (χ4n) is 3.58. The molecule has 1 aromatic carbocycles. The molecule has 6 nitrogen and oxygen atoms in total. The predicted molar refractivity (Wildman–Crippen MR) is 117 cm³/mol. The molecule has 4 aromatic rings. The molecule has 0 saturated carbocycles. The van der Waals surface area contributed by atoms with Crippen molar-refractivity contribution in [2.45, 2.75) is 13.5 Å². The largest absolute Gasteiger partial charge is 0.335 e. The monoisotopic (exact) mass is 398 g/mol. The smallest absolute Gasteiger partial charge is 0.277 e. The van der Waals surface area contributed by atoms with E-state index >= 15 is 0 Å².